The van der Waals surface area contributed by atoms with Gasteiger partial charge in [-0.1, -0.05) is 18.2 Å². The molecular formula is C12H12Cl2N2OTi. The van der Waals surface area contributed by atoms with Crippen molar-refractivity contribution in [2.24, 2.45) is 4.99 Å². The number of aliphatic imine (C=N–C) groups is 1. The van der Waals surface area contributed by atoms with Crippen LogP contribution in [0.3, 0.4) is 0 Å². The summed E-state index contributed by atoms with van der Waals surface area (Å²) in [6.07, 6.45) is 3.27. The van der Waals surface area contributed by atoms with Gasteiger partial charge in [0.25, 0.3) is 0 Å². The third-order valence-corrected chi connectivity index (χ3v) is 1.92. The van der Waals surface area contributed by atoms with Crippen LogP contribution in [0.4, 0.5) is 5.82 Å². The number of hydrogen-bond donors (Lipinski definition) is 1. The number of pyridine rings is 1. The summed E-state index contributed by atoms with van der Waals surface area (Å²) in [5.74, 6) is 0.845. The molecule has 0 radical (unpaired) electrons. The molecule has 2 rings (SSSR count). The molecule has 0 unspecified atom stereocenters. The Morgan fingerprint density at radius 1 is 1.00 bits per heavy atom. The number of phenolic OH excluding ortho intramolecular Hbond substituents is 1. The summed E-state index contributed by atoms with van der Waals surface area (Å²) < 4.78 is 0. The zero-order valence-electron chi connectivity index (χ0n) is 9.35. The Morgan fingerprint density at radius 3 is 2.28 bits per heavy atom. The van der Waals surface area contributed by atoms with Crippen LogP contribution in [0, 0.1) is 0 Å². The van der Waals surface area contributed by atoms with Gasteiger partial charge in [0.2, 0.25) is 0 Å². The molecule has 0 atom stereocenters. The maximum Gasteiger partial charge on any atom is 0.151 e. The van der Waals surface area contributed by atoms with Crippen LogP contribution in [-0.4, -0.2) is 16.3 Å². The van der Waals surface area contributed by atoms with Gasteiger partial charge in [0.05, 0.1) is 0 Å². The Balaban J connectivity index is 0. The predicted octanol–water partition coefficient (Wildman–Crippen LogP) is 3.38. The molecule has 0 amide bonds. The van der Waals surface area contributed by atoms with Crippen molar-refractivity contribution in [1.82, 2.24) is 4.98 Å². The molecule has 0 fully saturated rings. The summed E-state index contributed by atoms with van der Waals surface area (Å²) >= 11 is 0. The number of nitrogens with zero attached hydrogens (tertiary/aromatic N) is 2. The largest absolute Gasteiger partial charge is 0.507 e. The molecule has 0 aliphatic heterocycles. The van der Waals surface area contributed by atoms with Gasteiger partial charge in [0.1, 0.15) is 5.75 Å². The number of aromatic hydroxyl groups is 1. The molecule has 94 valence electrons. The Morgan fingerprint density at radius 2 is 1.67 bits per heavy atom. The van der Waals surface area contributed by atoms with Crippen LogP contribution >= 0.6 is 24.8 Å². The monoisotopic (exact) mass is 318 g/mol. The summed E-state index contributed by atoms with van der Waals surface area (Å²) in [7, 11) is 0. The quantitative estimate of drug-likeness (QED) is 0.681. The van der Waals surface area contributed by atoms with Crippen LogP contribution in [0.15, 0.2) is 53.7 Å². The van der Waals surface area contributed by atoms with Gasteiger partial charge in [0, 0.05) is 39.7 Å². The first-order chi connectivity index (χ1) is 7.36. The van der Waals surface area contributed by atoms with E-state index in [1.54, 1.807) is 36.7 Å². The van der Waals surface area contributed by atoms with E-state index in [9.17, 15) is 5.11 Å². The molecule has 0 aliphatic rings. The molecule has 0 spiro atoms. The van der Waals surface area contributed by atoms with E-state index in [0.717, 1.165) is 0 Å². The van der Waals surface area contributed by atoms with Crippen LogP contribution in [0.1, 0.15) is 5.56 Å². The van der Waals surface area contributed by atoms with Crippen LogP contribution in [0.2, 0.25) is 0 Å². The minimum Gasteiger partial charge on any atom is -0.507 e. The van der Waals surface area contributed by atoms with Crippen LogP contribution in [-0.2, 0) is 21.7 Å². The average molecular weight is 319 g/mol. The number of aromatic nitrogens is 1. The van der Waals surface area contributed by atoms with E-state index in [-0.39, 0.29) is 52.3 Å². The van der Waals surface area contributed by atoms with E-state index in [2.05, 4.69) is 9.98 Å². The molecule has 1 aromatic heterocycles. The summed E-state index contributed by atoms with van der Waals surface area (Å²) in [6, 6.07) is 12.5. The van der Waals surface area contributed by atoms with Gasteiger partial charge < -0.3 is 5.11 Å². The van der Waals surface area contributed by atoms with Gasteiger partial charge in [0.15, 0.2) is 5.82 Å². The molecule has 0 aliphatic carbocycles. The van der Waals surface area contributed by atoms with Crippen molar-refractivity contribution in [2.45, 2.75) is 0 Å². The molecule has 0 saturated heterocycles. The number of halogens is 2. The van der Waals surface area contributed by atoms with E-state index in [4.69, 9.17) is 0 Å². The van der Waals surface area contributed by atoms with Crippen molar-refractivity contribution in [3.05, 3.63) is 54.2 Å². The third kappa shape index (κ3) is 5.65. The minimum absolute atomic E-state index is 0. The van der Waals surface area contributed by atoms with E-state index >= 15 is 0 Å². The molecular weight excluding hydrogens is 307 g/mol. The average Bonchev–Trinajstić information content (AvgIpc) is 2.29. The van der Waals surface area contributed by atoms with Crippen LogP contribution in [0.25, 0.3) is 0 Å². The maximum atomic E-state index is 9.48. The Kier molecular flexibility index (Phi) is 10.9. The van der Waals surface area contributed by atoms with Gasteiger partial charge in [-0.15, -0.1) is 24.8 Å². The maximum absolute atomic E-state index is 9.48. The van der Waals surface area contributed by atoms with Crippen LogP contribution in [0.5, 0.6) is 5.75 Å². The summed E-state index contributed by atoms with van der Waals surface area (Å²) in [5, 5.41) is 9.48. The van der Waals surface area contributed by atoms with E-state index in [1.807, 2.05) is 18.2 Å². The molecule has 1 aromatic carbocycles. The van der Waals surface area contributed by atoms with E-state index in [0.29, 0.717) is 11.4 Å². The summed E-state index contributed by atoms with van der Waals surface area (Å²) in [4.78, 5) is 8.19. The zero-order chi connectivity index (χ0) is 10.5. The van der Waals surface area contributed by atoms with E-state index in [1.165, 1.54) is 0 Å². The van der Waals surface area contributed by atoms with Crippen molar-refractivity contribution in [3.8, 4) is 5.75 Å². The summed E-state index contributed by atoms with van der Waals surface area (Å²) in [5.41, 5.74) is 0.683. The van der Waals surface area contributed by atoms with Crippen molar-refractivity contribution in [1.29, 1.82) is 0 Å². The van der Waals surface area contributed by atoms with Crippen molar-refractivity contribution in [2.75, 3.05) is 0 Å². The number of benzene rings is 1. The molecule has 0 bridgehead atoms. The first-order valence-corrected chi connectivity index (χ1v) is 4.59. The number of hydrogen-bond acceptors (Lipinski definition) is 3. The zero-order valence-corrected chi connectivity index (χ0v) is 12.5. The van der Waals surface area contributed by atoms with Gasteiger partial charge in [-0.2, -0.15) is 0 Å². The van der Waals surface area contributed by atoms with Crippen molar-refractivity contribution >= 4 is 36.8 Å². The Bertz CT molecular complexity index is 481. The molecule has 0 saturated carbocycles. The Labute approximate surface area is 133 Å². The predicted molar refractivity (Wildman–Crippen MR) is 74.1 cm³/mol. The van der Waals surface area contributed by atoms with Crippen molar-refractivity contribution < 1.29 is 26.8 Å². The number of rotatable bonds is 2. The second-order valence-corrected chi connectivity index (χ2v) is 3.00. The van der Waals surface area contributed by atoms with Crippen LogP contribution < -0.4 is 0 Å². The fraction of sp³-hybridized carbons (Fsp3) is 0. The van der Waals surface area contributed by atoms with E-state index < -0.39 is 0 Å². The first-order valence-electron chi connectivity index (χ1n) is 4.59. The fourth-order valence-electron chi connectivity index (χ4n) is 1.16. The number of phenols is 1. The molecule has 6 heteroatoms. The van der Waals surface area contributed by atoms with Crippen molar-refractivity contribution in [3.63, 3.8) is 0 Å². The molecule has 18 heavy (non-hydrogen) atoms. The topological polar surface area (TPSA) is 45.5 Å². The number of para-hydroxylation sites is 1. The second kappa shape index (κ2) is 10.1. The SMILES string of the molecule is Cl.Cl.Oc1ccccc1C=Nc1ccccn1.[Ti]. The van der Waals surface area contributed by atoms with Gasteiger partial charge >= 0.3 is 0 Å². The fourth-order valence-corrected chi connectivity index (χ4v) is 1.16. The standard InChI is InChI=1S/C12H10N2O.2ClH.Ti/c15-11-6-2-1-5-10(11)9-14-12-7-3-4-8-13-12;;;/h1-9,15H;2*1H;. The molecule has 1 heterocycles. The molecule has 3 nitrogen and oxygen atoms in total. The Hall–Kier alpha value is -0.866. The second-order valence-electron chi connectivity index (χ2n) is 3.00. The third-order valence-electron chi connectivity index (χ3n) is 1.92. The summed E-state index contributed by atoms with van der Waals surface area (Å²) in [6.45, 7) is 0. The van der Waals surface area contributed by atoms with Gasteiger partial charge in [-0.25, -0.2) is 9.98 Å². The van der Waals surface area contributed by atoms with Gasteiger partial charge in [-0.3, -0.25) is 0 Å². The minimum atomic E-state index is 0. The molecule has 1 N–H and O–H groups in total. The normalized spacial score (nSPS) is 8.89. The molecule has 2 aromatic rings. The first kappa shape index (κ1) is 19.5. The van der Waals surface area contributed by atoms with Gasteiger partial charge in [-0.05, 0) is 24.3 Å². The smallest absolute Gasteiger partial charge is 0.151 e.